The van der Waals surface area contributed by atoms with Crippen LogP contribution in [-0.2, 0) is 16.2 Å². The van der Waals surface area contributed by atoms with Gasteiger partial charge in [0.25, 0.3) is 0 Å². The van der Waals surface area contributed by atoms with E-state index in [0.29, 0.717) is 17.9 Å². The second kappa shape index (κ2) is 8.55. The summed E-state index contributed by atoms with van der Waals surface area (Å²) in [6, 6.07) is 12.4. The van der Waals surface area contributed by atoms with Crippen molar-refractivity contribution in [2.75, 3.05) is 37.7 Å². The van der Waals surface area contributed by atoms with Gasteiger partial charge in [0.1, 0.15) is 5.75 Å². The topological polar surface area (TPSA) is 75.6 Å². The van der Waals surface area contributed by atoms with Crippen LogP contribution < -0.4 is 9.64 Å². The summed E-state index contributed by atoms with van der Waals surface area (Å²) >= 11 is 0. The third-order valence-electron chi connectivity index (χ3n) is 5.13. The van der Waals surface area contributed by atoms with Crippen LogP contribution in [0.15, 0.2) is 53.4 Å². The van der Waals surface area contributed by atoms with Crippen molar-refractivity contribution in [2.24, 2.45) is 0 Å². The van der Waals surface area contributed by atoms with Crippen molar-refractivity contribution in [3.63, 3.8) is 0 Å². The number of hydrogen-bond acceptors (Lipinski definition) is 6. The molecule has 1 aliphatic rings. The molecule has 4 rings (SSSR count). The molecule has 0 N–H and O–H groups in total. The molecular formula is C21H21F3N4O3S. The zero-order valence-corrected chi connectivity index (χ0v) is 18.0. The molecule has 1 saturated heterocycles. The van der Waals surface area contributed by atoms with Crippen LogP contribution in [0, 0.1) is 0 Å². The van der Waals surface area contributed by atoms with E-state index in [1.165, 1.54) is 27.4 Å². The Balaban J connectivity index is 1.56. The van der Waals surface area contributed by atoms with Gasteiger partial charge in [-0.25, -0.2) is 18.4 Å². The summed E-state index contributed by atoms with van der Waals surface area (Å²) in [7, 11) is -3.78. The van der Waals surface area contributed by atoms with Crippen molar-refractivity contribution >= 4 is 26.9 Å². The van der Waals surface area contributed by atoms with Gasteiger partial charge in [0.05, 0.1) is 22.5 Å². The zero-order chi connectivity index (χ0) is 22.9. The van der Waals surface area contributed by atoms with E-state index in [1.54, 1.807) is 30.3 Å². The highest BCUT2D eigenvalue weighted by Crippen LogP contribution is 2.36. The predicted octanol–water partition coefficient (Wildman–Crippen LogP) is 3.56. The molecule has 0 atom stereocenters. The van der Waals surface area contributed by atoms with Gasteiger partial charge in [-0.15, -0.1) is 0 Å². The summed E-state index contributed by atoms with van der Waals surface area (Å²) in [6.07, 6.45) is -4.68. The molecule has 0 radical (unpaired) electrons. The van der Waals surface area contributed by atoms with Gasteiger partial charge < -0.3 is 9.64 Å². The Morgan fingerprint density at radius 2 is 1.53 bits per heavy atom. The molecule has 170 valence electrons. The maximum Gasteiger partial charge on any atom is 0.437 e. The quantitative estimate of drug-likeness (QED) is 0.573. The summed E-state index contributed by atoms with van der Waals surface area (Å²) < 4.78 is 73.5. The lowest BCUT2D eigenvalue weighted by atomic mass is 10.2. The molecule has 1 aromatic heterocycles. The second-order valence-electron chi connectivity index (χ2n) is 7.18. The molecule has 3 aromatic rings. The van der Waals surface area contributed by atoms with E-state index in [-0.39, 0.29) is 42.4 Å². The molecule has 1 fully saturated rings. The van der Waals surface area contributed by atoms with E-state index < -0.39 is 21.9 Å². The molecule has 2 heterocycles. The monoisotopic (exact) mass is 466 g/mol. The van der Waals surface area contributed by atoms with Gasteiger partial charge in [0.2, 0.25) is 10.0 Å². The lowest BCUT2D eigenvalue weighted by Crippen LogP contribution is -2.49. The smallest absolute Gasteiger partial charge is 0.437 e. The van der Waals surface area contributed by atoms with Crippen LogP contribution in [0.25, 0.3) is 11.0 Å². The first-order valence-corrected chi connectivity index (χ1v) is 11.5. The van der Waals surface area contributed by atoms with Crippen LogP contribution >= 0.6 is 0 Å². The minimum absolute atomic E-state index is 0.0291. The molecule has 0 bridgehead atoms. The summed E-state index contributed by atoms with van der Waals surface area (Å²) in [4.78, 5) is 9.53. The molecule has 7 nitrogen and oxygen atoms in total. The molecule has 32 heavy (non-hydrogen) atoms. The maximum atomic E-state index is 13.7. The van der Waals surface area contributed by atoms with Crippen LogP contribution in [0.3, 0.4) is 0 Å². The Morgan fingerprint density at radius 1 is 0.938 bits per heavy atom. The van der Waals surface area contributed by atoms with Crippen molar-refractivity contribution in [3.8, 4) is 5.75 Å². The SMILES string of the molecule is CCOc1ccc(S(=O)(=O)N2CCN(c3nc4ccccc4nc3C(F)(F)F)CC2)cc1. The molecule has 0 aliphatic carbocycles. The van der Waals surface area contributed by atoms with E-state index in [1.807, 2.05) is 6.92 Å². The highest BCUT2D eigenvalue weighted by atomic mass is 32.2. The Hall–Kier alpha value is -2.92. The van der Waals surface area contributed by atoms with Crippen LogP contribution in [-0.4, -0.2) is 55.5 Å². The van der Waals surface area contributed by atoms with Crippen LogP contribution in [0.2, 0.25) is 0 Å². The van der Waals surface area contributed by atoms with E-state index in [4.69, 9.17) is 4.74 Å². The number of benzene rings is 2. The number of sulfonamides is 1. The number of rotatable bonds is 5. The number of halogens is 3. The summed E-state index contributed by atoms with van der Waals surface area (Å²) in [5.41, 5.74) is -0.570. The molecular weight excluding hydrogens is 445 g/mol. The van der Waals surface area contributed by atoms with Gasteiger partial charge in [0, 0.05) is 26.2 Å². The average Bonchev–Trinajstić information content (AvgIpc) is 2.78. The van der Waals surface area contributed by atoms with E-state index in [0.717, 1.165) is 0 Å². The lowest BCUT2D eigenvalue weighted by Gasteiger charge is -2.35. The number of piperazine rings is 1. The normalized spacial score (nSPS) is 15.8. The van der Waals surface area contributed by atoms with Crippen molar-refractivity contribution in [1.29, 1.82) is 0 Å². The van der Waals surface area contributed by atoms with Gasteiger partial charge in [-0.2, -0.15) is 17.5 Å². The Bertz CT molecular complexity index is 1210. The summed E-state index contributed by atoms with van der Waals surface area (Å²) in [5, 5.41) is 0. The maximum absolute atomic E-state index is 13.7. The number of alkyl halides is 3. The van der Waals surface area contributed by atoms with Crippen LogP contribution in [0.5, 0.6) is 5.75 Å². The average molecular weight is 466 g/mol. The number of aromatic nitrogens is 2. The van der Waals surface area contributed by atoms with Gasteiger partial charge in [-0.3, -0.25) is 0 Å². The van der Waals surface area contributed by atoms with Gasteiger partial charge in [-0.1, -0.05) is 12.1 Å². The summed E-state index contributed by atoms with van der Waals surface area (Å²) in [5.74, 6) is 0.278. The Kier molecular flexibility index (Phi) is 5.95. The number of para-hydroxylation sites is 2. The highest BCUT2D eigenvalue weighted by Gasteiger charge is 2.39. The third-order valence-corrected chi connectivity index (χ3v) is 7.04. The van der Waals surface area contributed by atoms with Crippen LogP contribution in [0.1, 0.15) is 12.6 Å². The molecule has 2 aromatic carbocycles. The van der Waals surface area contributed by atoms with Gasteiger partial charge in [-0.05, 0) is 43.3 Å². The van der Waals surface area contributed by atoms with Crippen molar-refractivity contribution in [2.45, 2.75) is 18.0 Å². The lowest BCUT2D eigenvalue weighted by molar-refractivity contribution is -0.140. The number of nitrogens with zero attached hydrogens (tertiary/aromatic N) is 4. The van der Waals surface area contributed by atoms with Crippen molar-refractivity contribution < 1.29 is 26.3 Å². The molecule has 0 saturated carbocycles. The van der Waals surface area contributed by atoms with Gasteiger partial charge >= 0.3 is 6.18 Å². The molecule has 11 heteroatoms. The minimum atomic E-state index is -4.68. The van der Waals surface area contributed by atoms with E-state index >= 15 is 0 Å². The Morgan fingerprint density at radius 3 is 2.09 bits per heavy atom. The fourth-order valence-corrected chi connectivity index (χ4v) is 4.99. The van der Waals surface area contributed by atoms with Gasteiger partial charge in [0.15, 0.2) is 11.5 Å². The molecule has 1 aliphatic heterocycles. The first-order chi connectivity index (χ1) is 15.2. The van der Waals surface area contributed by atoms with Crippen LogP contribution in [0.4, 0.5) is 19.0 Å². The molecule has 0 unspecified atom stereocenters. The first-order valence-electron chi connectivity index (χ1n) is 10.0. The van der Waals surface area contributed by atoms with E-state index in [9.17, 15) is 21.6 Å². The number of fused-ring (bicyclic) bond motifs is 1. The van der Waals surface area contributed by atoms with Crippen molar-refractivity contribution in [1.82, 2.24) is 14.3 Å². The fourth-order valence-electron chi connectivity index (χ4n) is 3.57. The zero-order valence-electron chi connectivity index (χ0n) is 17.2. The number of anilines is 1. The molecule has 0 spiro atoms. The third kappa shape index (κ3) is 4.35. The van der Waals surface area contributed by atoms with Crippen molar-refractivity contribution in [3.05, 3.63) is 54.2 Å². The fraction of sp³-hybridized carbons (Fsp3) is 0.333. The summed E-state index contributed by atoms with van der Waals surface area (Å²) in [6.45, 7) is 2.47. The number of ether oxygens (including phenoxy) is 1. The standard InChI is InChI=1S/C21H21F3N4O3S/c1-2-31-15-7-9-16(10-8-15)32(29,30)28-13-11-27(12-14-28)20-19(21(22,23)24)25-17-5-3-4-6-18(17)26-20/h3-10H,2,11-14H2,1H3. The highest BCUT2D eigenvalue weighted by molar-refractivity contribution is 7.89. The van der Waals surface area contributed by atoms with E-state index in [2.05, 4.69) is 9.97 Å². The Labute approximate surface area is 183 Å². The molecule has 0 amide bonds. The number of hydrogen-bond donors (Lipinski definition) is 0. The predicted molar refractivity (Wildman–Crippen MR) is 113 cm³/mol. The largest absolute Gasteiger partial charge is 0.494 e. The minimum Gasteiger partial charge on any atom is -0.494 e. The second-order valence-corrected chi connectivity index (χ2v) is 9.12. The first kappa shape index (κ1) is 22.3.